The third-order valence-electron chi connectivity index (χ3n) is 3.05. The van der Waals surface area contributed by atoms with Gasteiger partial charge >= 0.3 is 7.75 Å². The molecule has 1 amide bonds. The van der Waals surface area contributed by atoms with Gasteiger partial charge in [-0.3, -0.25) is 9.88 Å². The van der Waals surface area contributed by atoms with Crippen LogP contribution in [0.4, 0.5) is 5.82 Å². The van der Waals surface area contributed by atoms with Crippen molar-refractivity contribution in [1.82, 2.24) is 15.1 Å². The molecule has 4 atom stereocenters. The maximum atomic E-state index is 11.6. The van der Waals surface area contributed by atoms with Gasteiger partial charge in [-0.25, -0.2) is 9.55 Å². The molecule has 9 N–H and O–H groups in total. The summed E-state index contributed by atoms with van der Waals surface area (Å²) in [6.07, 6.45) is -5.03. The number of anilines is 1. The number of amides is 1. The van der Waals surface area contributed by atoms with Crippen LogP contribution in [0, 0.1) is 0 Å². The van der Waals surface area contributed by atoms with E-state index in [1.165, 1.54) is 5.09 Å². The standard InChI is InChI=1S/C9H15N4O8P/c10-7-3(6-5(16)4(15)2(1-14)21-6)11-8(12-7)9(17)13-22(18,19)20/h2,4-6,14-16H,1,10H2,(H,11,12)(H3,13,17,18,19,20)/t2-,4-,5-,6?/m1/s1. The highest BCUT2D eigenvalue weighted by atomic mass is 31.2. The van der Waals surface area contributed by atoms with Crippen LogP contribution >= 0.6 is 7.75 Å². The van der Waals surface area contributed by atoms with Crippen molar-refractivity contribution in [1.29, 1.82) is 0 Å². The molecule has 1 aliphatic rings. The van der Waals surface area contributed by atoms with Crippen molar-refractivity contribution in [2.75, 3.05) is 12.3 Å². The molecule has 0 spiro atoms. The summed E-state index contributed by atoms with van der Waals surface area (Å²) in [6, 6.07) is 0. The molecule has 1 aliphatic heterocycles. The second kappa shape index (κ2) is 5.93. The summed E-state index contributed by atoms with van der Waals surface area (Å²) >= 11 is 0. The van der Waals surface area contributed by atoms with Crippen molar-refractivity contribution in [3.05, 3.63) is 11.5 Å². The predicted octanol–water partition coefficient (Wildman–Crippen LogP) is -3.03. The van der Waals surface area contributed by atoms with Gasteiger partial charge in [0.25, 0.3) is 5.91 Å². The lowest BCUT2D eigenvalue weighted by Crippen LogP contribution is -2.32. The van der Waals surface area contributed by atoms with Crippen LogP contribution in [-0.2, 0) is 9.30 Å². The fraction of sp³-hybridized carbons (Fsp3) is 0.556. The maximum Gasteiger partial charge on any atom is 0.430 e. The van der Waals surface area contributed by atoms with Gasteiger partial charge in [-0.15, -0.1) is 0 Å². The summed E-state index contributed by atoms with van der Waals surface area (Å²) in [5, 5.41) is 29.9. The fourth-order valence-corrected chi connectivity index (χ4v) is 2.42. The lowest BCUT2D eigenvalue weighted by atomic mass is 10.1. The zero-order valence-corrected chi connectivity index (χ0v) is 11.8. The number of nitrogens with one attached hydrogen (secondary N) is 2. The number of aliphatic hydroxyl groups excluding tert-OH is 3. The van der Waals surface area contributed by atoms with Crippen LogP contribution in [-0.4, -0.2) is 65.9 Å². The molecule has 0 saturated carbocycles. The van der Waals surface area contributed by atoms with Crippen LogP contribution in [0.15, 0.2) is 0 Å². The molecule has 2 heterocycles. The second-order valence-corrected chi connectivity index (χ2v) is 5.94. The topological polar surface area (TPSA) is 211 Å². The number of hydrogen-bond acceptors (Lipinski definition) is 8. The minimum absolute atomic E-state index is 0.0571. The number of aromatic amines is 1. The van der Waals surface area contributed by atoms with Crippen LogP contribution in [0.1, 0.15) is 22.4 Å². The molecule has 0 bridgehead atoms. The Morgan fingerprint density at radius 2 is 2.05 bits per heavy atom. The molecule has 0 aliphatic carbocycles. The lowest BCUT2D eigenvalue weighted by Gasteiger charge is -2.13. The summed E-state index contributed by atoms with van der Waals surface area (Å²) in [4.78, 5) is 34.8. The van der Waals surface area contributed by atoms with E-state index in [2.05, 4.69) is 9.97 Å². The first-order valence-corrected chi connectivity index (χ1v) is 7.61. The Balaban J connectivity index is 2.24. The highest BCUT2D eigenvalue weighted by molar-refractivity contribution is 7.50. The monoisotopic (exact) mass is 338 g/mol. The largest absolute Gasteiger partial charge is 0.430 e. The predicted molar refractivity (Wildman–Crippen MR) is 69.2 cm³/mol. The van der Waals surface area contributed by atoms with Crippen molar-refractivity contribution in [3.63, 3.8) is 0 Å². The van der Waals surface area contributed by atoms with Crippen molar-refractivity contribution in [2.45, 2.75) is 24.4 Å². The SMILES string of the molecule is Nc1nc(C(=O)NP(=O)(O)O)[nH]c1C1O[C@H](CO)[C@@H](O)[C@H]1O. The summed E-state index contributed by atoms with van der Waals surface area (Å²) in [7, 11) is -4.81. The summed E-state index contributed by atoms with van der Waals surface area (Å²) in [5.41, 5.74) is 5.51. The van der Waals surface area contributed by atoms with E-state index in [0.717, 1.165) is 0 Å². The average Bonchev–Trinajstić information content (AvgIpc) is 2.90. The van der Waals surface area contributed by atoms with Crippen LogP contribution in [0.5, 0.6) is 0 Å². The quantitative estimate of drug-likeness (QED) is 0.260. The number of aromatic nitrogens is 2. The number of H-pyrrole nitrogens is 1. The van der Waals surface area contributed by atoms with Gasteiger partial charge in [0.2, 0.25) is 0 Å². The van der Waals surface area contributed by atoms with E-state index in [9.17, 15) is 19.6 Å². The first-order valence-electron chi connectivity index (χ1n) is 6.00. The molecule has 1 saturated heterocycles. The molecule has 1 aromatic heterocycles. The molecule has 13 heteroatoms. The Labute approximate surface area is 123 Å². The first kappa shape index (κ1) is 16.8. The van der Waals surface area contributed by atoms with Crippen molar-refractivity contribution in [2.24, 2.45) is 0 Å². The molecule has 124 valence electrons. The number of ether oxygens (including phenoxy) is 1. The summed E-state index contributed by atoms with van der Waals surface area (Å²) < 4.78 is 15.9. The molecule has 12 nitrogen and oxygen atoms in total. The van der Waals surface area contributed by atoms with Gasteiger partial charge in [-0.05, 0) is 0 Å². The minimum atomic E-state index is -4.81. The van der Waals surface area contributed by atoms with E-state index in [4.69, 9.17) is 25.4 Å². The van der Waals surface area contributed by atoms with Crippen LogP contribution in [0.25, 0.3) is 0 Å². The molecule has 22 heavy (non-hydrogen) atoms. The van der Waals surface area contributed by atoms with E-state index in [1.54, 1.807) is 0 Å². The van der Waals surface area contributed by atoms with Crippen LogP contribution in [0.2, 0.25) is 0 Å². The third kappa shape index (κ3) is 3.28. The zero-order valence-electron chi connectivity index (χ0n) is 10.9. The van der Waals surface area contributed by atoms with Gasteiger partial charge in [0.15, 0.2) is 5.82 Å². The Morgan fingerprint density at radius 3 is 2.55 bits per heavy atom. The molecule has 0 aromatic carbocycles. The number of aliphatic hydroxyl groups is 3. The van der Waals surface area contributed by atoms with Crippen molar-refractivity contribution < 1.29 is 39.2 Å². The molecule has 0 radical (unpaired) electrons. The summed E-state index contributed by atoms with van der Waals surface area (Å²) in [5.74, 6) is -1.97. The Morgan fingerprint density at radius 1 is 1.41 bits per heavy atom. The van der Waals surface area contributed by atoms with Crippen molar-refractivity contribution >= 4 is 19.5 Å². The Kier molecular flexibility index (Phi) is 4.54. The number of rotatable bonds is 4. The van der Waals surface area contributed by atoms with Gasteiger partial charge in [-0.1, -0.05) is 0 Å². The molecular formula is C9H15N4O8P. The smallest absolute Gasteiger partial charge is 0.394 e. The van der Waals surface area contributed by atoms with Crippen molar-refractivity contribution in [3.8, 4) is 0 Å². The minimum Gasteiger partial charge on any atom is -0.394 e. The Bertz CT molecular complexity index is 615. The van der Waals surface area contributed by atoms with Gasteiger partial charge in [-0.2, -0.15) is 0 Å². The molecular weight excluding hydrogens is 323 g/mol. The number of nitrogens with two attached hydrogens (primary N) is 1. The van der Waals surface area contributed by atoms with Crippen LogP contribution in [0.3, 0.4) is 0 Å². The third-order valence-corrected chi connectivity index (χ3v) is 3.54. The van der Waals surface area contributed by atoms with Gasteiger partial charge in [0.05, 0.1) is 12.3 Å². The van der Waals surface area contributed by atoms with Crippen LogP contribution < -0.4 is 10.8 Å². The van der Waals surface area contributed by atoms with E-state index >= 15 is 0 Å². The fourth-order valence-electron chi connectivity index (χ4n) is 2.05. The van der Waals surface area contributed by atoms with Gasteiger partial charge < -0.3 is 40.6 Å². The number of nitrogen functional groups attached to an aromatic ring is 1. The highest BCUT2D eigenvalue weighted by Gasteiger charge is 2.45. The summed E-state index contributed by atoms with van der Waals surface area (Å²) in [6.45, 7) is -0.547. The molecule has 1 fully saturated rings. The average molecular weight is 338 g/mol. The normalized spacial score (nSPS) is 28.8. The number of carbonyl (C=O) groups excluding carboxylic acids is 1. The van der Waals surface area contributed by atoms with E-state index in [-0.39, 0.29) is 11.5 Å². The molecule has 2 rings (SSSR count). The van der Waals surface area contributed by atoms with Gasteiger partial charge in [0, 0.05) is 0 Å². The highest BCUT2D eigenvalue weighted by Crippen LogP contribution is 2.35. The van der Waals surface area contributed by atoms with E-state index in [0.29, 0.717) is 0 Å². The molecule has 1 aromatic rings. The number of hydrogen-bond donors (Lipinski definition) is 8. The second-order valence-electron chi connectivity index (χ2n) is 4.63. The molecule has 1 unspecified atom stereocenters. The van der Waals surface area contributed by atoms with E-state index in [1.807, 2.05) is 0 Å². The first-order chi connectivity index (χ1) is 10.1. The number of carbonyl (C=O) groups is 1. The number of nitrogens with zero attached hydrogens (tertiary/aromatic N) is 1. The maximum absolute atomic E-state index is 11.6. The Hall–Kier alpha value is -1.53. The zero-order chi connectivity index (χ0) is 16.7. The lowest BCUT2D eigenvalue weighted by molar-refractivity contribution is -0.0236. The number of imidazole rings is 1. The van der Waals surface area contributed by atoms with Gasteiger partial charge in [0.1, 0.15) is 30.2 Å². The van der Waals surface area contributed by atoms with E-state index < -0.39 is 50.5 Å².